The number of aromatic amines is 1. The predicted molar refractivity (Wildman–Crippen MR) is 97.7 cm³/mol. The maximum absolute atomic E-state index is 12.3. The van der Waals surface area contributed by atoms with E-state index >= 15 is 0 Å². The van der Waals surface area contributed by atoms with Crippen molar-refractivity contribution in [1.82, 2.24) is 19.7 Å². The SMILES string of the molecule is CCCc1cc(NC(=O)c2ccc(NCCn3ccnc3)cc2)n[nH]1. The van der Waals surface area contributed by atoms with Crippen LogP contribution in [0.2, 0.25) is 0 Å². The molecule has 0 bridgehead atoms. The van der Waals surface area contributed by atoms with Crippen molar-refractivity contribution in [2.75, 3.05) is 17.2 Å². The van der Waals surface area contributed by atoms with Gasteiger partial charge < -0.3 is 15.2 Å². The van der Waals surface area contributed by atoms with Crippen molar-refractivity contribution in [2.45, 2.75) is 26.3 Å². The standard InChI is InChI=1S/C18H22N6O/c1-2-3-16-12-17(23-22-16)21-18(25)14-4-6-15(7-5-14)20-9-11-24-10-8-19-13-24/h4-8,10,12-13,20H,2-3,9,11H2,1H3,(H2,21,22,23,25). The Balaban J connectivity index is 1.51. The molecule has 25 heavy (non-hydrogen) atoms. The average Bonchev–Trinajstić information content (AvgIpc) is 3.28. The summed E-state index contributed by atoms with van der Waals surface area (Å²) < 4.78 is 2.01. The number of nitrogens with zero attached hydrogens (tertiary/aromatic N) is 3. The van der Waals surface area contributed by atoms with Crippen LogP contribution in [0.15, 0.2) is 49.1 Å². The molecule has 0 fully saturated rings. The van der Waals surface area contributed by atoms with Crippen molar-refractivity contribution < 1.29 is 4.79 Å². The van der Waals surface area contributed by atoms with Crippen molar-refractivity contribution in [1.29, 1.82) is 0 Å². The molecule has 3 aromatic rings. The van der Waals surface area contributed by atoms with Gasteiger partial charge in [0.25, 0.3) is 5.91 Å². The highest BCUT2D eigenvalue weighted by Gasteiger charge is 2.08. The molecule has 0 radical (unpaired) electrons. The number of hydrogen-bond donors (Lipinski definition) is 3. The minimum absolute atomic E-state index is 0.167. The zero-order chi connectivity index (χ0) is 17.5. The molecule has 0 unspecified atom stereocenters. The number of carbonyl (C=O) groups is 1. The molecule has 0 aliphatic heterocycles. The summed E-state index contributed by atoms with van der Waals surface area (Å²) >= 11 is 0. The van der Waals surface area contributed by atoms with Crippen LogP contribution in [0, 0.1) is 0 Å². The minimum Gasteiger partial charge on any atom is -0.383 e. The van der Waals surface area contributed by atoms with Gasteiger partial charge in [-0.1, -0.05) is 13.3 Å². The number of carbonyl (C=O) groups excluding carboxylic acids is 1. The second kappa shape index (κ2) is 8.14. The van der Waals surface area contributed by atoms with Crippen LogP contribution in [0.4, 0.5) is 11.5 Å². The third-order valence-corrected chi connectivity index (χ3v) is 3.80. The maximum atomic E-state index is 12.3. The average molecular weight is 338 g/mol. The van der Waals surface area contributed by atoms with Crippen LogP contribution in [0.3, 0.4) is 0 Å². The number of nitrogens with one attached hydrogen (secondary N) is 3. The summed E-state index contributed by atoms with van der Waals surface area (Å²) in [4.78, 5) is 16.3. The smallest absolute Gasteiger partial charge is 0.256 e. The number of H-pyrrole nitrogens is 1. The molecule has 0 spiro atoms. The monoisotopic (exact) mass is 338 g/mol. The topological polar surface area (TPSA) is 87.6 Å². The summed E-state index contributed by atoms with van der Waals surface area (Å²) in [5.41, 5.74) is 2.59. The van der Waals surface area contributed by atoms with E-state index in [9.17, 15) is 4.79 Å². The van der Waals surface area contributed by atoms with Gasteiger partial charge in [0, 0.05) is 48.5 Å². The lowest BCUT2D eigenvalue weighted by atomic mass is 10.2. The van der Waals surface area contributed by atoms with Gasteiger partial charge in [-0.2, -0.15) is 5.10 Å². The normalized spacial score (nSPS) is 10.6. The van der Waals surface area contributed by atoms with Gasteiger partial charge in [-0.15, -0.1) is 0 Å². The molecule has 0 saturated heterocycles. The molecule has 0 aliphatic carbocycles. The van der Waals surface area contributed by atoms with E-state index in [1.807, 2.05) is 29.0 Å². The molecule has 0 aliphatic rings. The van der Waals surface area contributed by atoms with Crippen molar-refractivity contribution in [3.8, 4) is 0 Å². The zero-order valence-electron chi connectivity index (χ0n) is 14.2. The van der Waals surface area contributed by atoms with Gasteiger partial charge in [-0.25, -0.2) is 4.98 Å². The van der Waals surface area contributed by atoms with Crippen LogP contribution in [0.1, 0.15) is 29.4 Å². The Kier molecular flexibility index (Phi) is 5.46. The van der Waals surface area contributed by atoms with Crippen LogP contribution in [-0.2, 0) is 13.0 Å². The molecule has 1 amide bonds. The molecule has 3 N–H and O–H groups in total. The molecule has 130 valence electrons. The fourth-order valence-corrected chi connectivity index (χ4v) is 2.50. The van der Waals surface area contributed by atoms with Crippen LogP contribution in [0.5, 0.6) is 0 Å². The number of aromatic nitrogens is 4. The van der Waals surface area contributed by atoms with Crippen LogP contribution in [0.25, 0.3) is 0 Å². The van der Waals surface area contributed by atoms with E-state index in [1.54, 1.807) is 24.7 Å². The van der Waals surface area contributed by atoms with Crippen LogP contribution in [-0.4, -0.2) is 32.2 Å². The number of benzene rings is 1. The van der Waals surface area contributed by atoms with Crippen molar-refractivity contribution in [3.63, 3.8) is 0 Å². The summed E-state index contributed by atoms with van der Waals surface area (Å²) in [6, 6.07) is 9.27. The number of rotatable bonds is 8. The van der Waals surface area contributed by atoms with E-state index in [1.165, 1.54) is 0 Å². The van der Waals surface area contributed by atoms with Crippen molar-refractivity contribution in [3.05, 3.63) is 60.3 Å². The lowest BCUT2D eigenvalue weighted by Gasteiger charge is -2.08. The minimum atomic E-state index is -0.167. The summed E-state index contributed by atoms with van der Waals surface area (Å²) in [5, 5.41) is 13.2. The first-order valence-corrected chi connectivity index (χ1v) is 8.40. The van der Waals surface area contributed by atoms with Gasteiger partial charge in [0.2, 0.25) is 0 Å². The Hall–Kier alpha value is -3.09. The Morgan fingerprint density at radius 1 is 1.28 bits per heavy atom. The third kappa shape index (κ3) is 4.69. The molecule has 7 heteroatoms. The first kappa shape index (κ1) is 16.8. The fourth-order valence-electron chi connectivity index (χ4n) is 2.50. The fraction of sp³-hybridized carbons (Fsp3) is 0.278. The first-order chi connectivity index (χ1) is 12.2. The number of amides is 1. The molecule has 2 aromatic heterocycles. The Morgan fingerprint density at radius 3 is 2.84 bits per heavy atom. The van der Waals surface area contributed by atoms with Gasteiger partial charge in [-0.3, -0.25) is 9.89 Å². The second-order valence-electron chi connectivity index (χ2n) is 5.79. The highest BCUT2D eigenvalue weighted by atomic mass is 16.1. The molecule has 0 saturated carbocycles. The first-order valence-electron chi connectivity index (χ1n) is 8.40. The lowest BCUT2D eigenvalue weighted by molar-refractivity contribution is 0.102. The Labute approximate surface area is 146 Å². The summed E-state index contributed by atoms with van der Waals surface area (Å²) in [6.45, 7) is 3.72. The zero-order valence-corrected chi connectivity index (χ0v) is 14.2. The lowest BCUT2D eigenvalue weighted by Crippen LogP contribution is -2.12. The molecular weight excluding hydrogens is 316 g/mol. The number of hydrogen-bond acceptors (Lipinski definition) is 4. The van der Waals surface area contributed by atoms with Gasteiger partial charge in [-0.05, 0) is 30.7 Å². The maximum Gasteiger partial charge on any atom is 0.256 e. The number of aryl methyl sites for hydroxylation is 1. The van der Waals surface area contributed by atoms with Gasteiger partial charge >= 0.3 is 0 Å². The molecule has 3 rings (SSSR count). The van der Waals surface area contributed by atoms with E-state index in [0.29, 0.717) is 11.4 Å². The molecule has 1 aromatic carbocycles. The molecular formula is C18H22N6O. The van der Waals surface area contributed by atoms with Crippen LogP contribution < -0.4 is 10.6 Å². The van der Waals surface area contributed by atoms with Crippen LogP contribution >= 0.6 is 0 Å². The van der Waals surface area contributed by atoms with E-state index in [0.717, 1.165) is 37.3 Å². The number of anilines is 2. The van der Waals surface area contributed by atoms with E-state index in [-0.39, 0.29) is 5.91 Å². The summed E-state index contributed by atoms with van der Waals surface area (Å²) in [6.07, 6.45) is 7.43. The van der Waals surface area contributed by atoms with E-state index in [4.69, 9.17) is 0 Å². The van der Waals surface area contributed by atoms with Gasteiger partial charge in [0.05, 0.1) is 6.33 Å². The van der Waals surface area contributed by atoms with E-state index in [2.05, 4.69) is 32.7 Å². The molecule has 2 heterocycles. The highest BCUT2D eigenvalue weighted by molar-refractivity contribution is 6.03. The van der Waals surface area contributed by atoms with Gasteiger partial charge in [0.15, 0.2) is 5.82 Å². The second-order valence-corrected chi connectivity index (χ2v) is 5.79. The Bertz CT molecular complexity index is 791. The quantitative estimate of drug-likeness (QED) is 0.589. The van der Waals surface area contributed by atoms with Crippen molar-refractivity contribution in [2.24, 2.45) is 0 Å². The van der Waals surface area contributed by atoms with E-state index < -0.39 is 0 Å². The highest BCUT2D eigenvalue weighted by Crippen LogP contribution is 2.12. The summed E-state index contributed by atoms with van der Waals surface area (Å²) in [7, 11) is 0. The summed E-state index contributed by atoms with van der Waals surface area (Å²) in [5.74, 6) is 0.385. The van der Waals surface area contributed by atoms with Gasteiger partial charge in [0.1, 0.15) is 0 Å². The Morgan fingerprint density at radius 2 is 2.12 bits per heavy atom. The molecule has 0 atom stereocenters. The molecule has 7 nitrogen and oxygen atoms in total. The number of imidazole rings is 1. The van der Waals surface area contributed by atoms with Crippen molar-refractivity contribution >= 4 is 17.4 Å². The predicted octanol–water partition coefficient (Wildman–Crippen LogP) is 2.92. The third-order valence-electron chi connectivity index (χ3n) is 3.80. The largest absolute Gasteiger partial charge is 0.383 e.